The normalized spacial score (nSPS) is 16.9. The Kier molecular flexibility index (Phi) is 11.1. The van der Waals surface area contributed by atoms with Crippen LogP contribution in [0.4, 0.5) is 11.4 Å². The van der Waals surface area contributed by atoms with E-state index in [1.807, 2.05) is 30.3 Å². The van der Waals surface area contributed by atoms with Crippen LogP contribution in [0.5, 0.6) is 17.2 Å². The van der Waals surface area contributed by atoms with Gasteiger partial charge in [0.05, 0.1) is 33.5 Å². The molecule has 0 bridgehead atoms. The second-order valence-electron chi connectivity index (χ2n) is 8.09. The van der Waals surface area contributed by atoms with Crippen molar-refractivity contribution in [3.05, 3.63) is 42.5 Å². The monoisotopic (exact) mass is 474 g/mol. The van der Waals surface area contributed by atoms with Gasteiger partial charge in [-0.05, 0) is 24.3 Å². The predicted octanol–water partition coefficient (Wildman–Crippen LogP) is 1.97. The van der Waals surface area contributed by atoms with E-state index in [0.717, 1.165) is 77.1 Å². The van der Waals surface area contributed by atoms with Crippen molar-refractivity contribution in [3.63, 3.8) is 0 Å². The number of methoxy groups -OCH3 is 1. The average molecular weight is 475 g/mol. The summed E-state index contributed by atoms with van der Waals surface area (Å²) in [6.45, 7) is 10.4. The lowest BCUT2D eigenvalue weighted by atomic mass is 10.3. The lowest BCUT2D eigenvalue weighted by molar-refractivity contribution is 0.0321. The summed E-state index contributed by atoms with van der Waals surface area (Å²) in [6, 6.07) is 12.9. The highest BCUT2D eigenvalue weighted by Crippen LogP contribution is 2.28. The first kappa shape index (κ1) is 25.9. The first-order chi connectivity index (χ1) is 16.6. The summed E-state index contributed by atoms with van der Waals surface area (Å²) in [4.78, 5) is 4.66. The molecule has 4 rings (SSSR count). The molecule has 2 aliphatic heterocycles. The van der Waals surface area contributed by atoms with Gasteiger partial charge in [-0.25, -0.2) is 0 Å². The lowest BCUT2D eigenvalue weighted by Crippen LogP contribution is -2.38. The van der Waals surface area contributed by atoms with E-state index in [9.17, 15) is 0 Å². The molecule has 0 aliphatic carbocycles. The summed E-state index contributed by atoms with van der Waals surface area (Å²) in [6.07, 6.45) is 0. The number of morpholine rings is 2. The second-order valence-corrected chi connectivity index (χ2v) is 8.09. The third-order valence-corrected chi connectivity index (χ3v) is 5.59. The van der Waals surface area contributed by atoms with Crippen LogP contribution in [0.3, 0.4) is 0 Å². The molecule has 0 unspecified atom stereocenters. The van der Waals surface area contributed by atoms with Crippen molar-refractivity contribution in [1.29, 1.82) is 0 Å². The minimum atomic E-state index is 0.625. The molecule has 0 spiro atoms. The molecule has 2 aliphatic rings. The van der Waals surface area contributed by atoms with E-state index in [1.54, 1.807) is 19.2 Å². The zero-order valence-electron chi connectivity index (χ0n) is 20.1. The topological polar surface area (TPSA) is 105 Å². The maximum atomic E-state index is 5.73. The fraction of sp³-hybridized carbons (Fsp3) is 0.520. The highest BCUT2D eigenvalue weighted by Gasteiger charge is 2.11. The van der Waals surface area contributed by atoms with Gasteiger partial charge in [-0.2, -0.15) is 0 Å². The molecular weight excluding hydrogens is 436 g/mol. The number of benzene rings is 2. The molecule has 0 amide bonds. The Hall–Kier alpha value is -2.72. The van der Waals surface area contributed by atoms with Gasteiger partial charge in [0.1, 0.15) is 19.0 Å². The second kappa shape index (κ2) is 14.5. The molecule has 2 fully saturated rings. The zero-order chi connectivity index (χ0) is 24.0. The summed E-state index contributed by atoms with van der Waals surface area (Å²) in [5.74, 6) is 2.25. The zero-order valence-corrected chi connectivity index (χ0v) is 20.1. The maximum absolute atomic E-state index is 5.73. The van der Waals surface area contributed by atoms with Crippen molar-refractivity contribution >= 4 is 11.4 Å². The van der Waals surface area contributed by atoms with Gasteiger partial charge in [0, 0.05) is 62.8 Å². The Morgan fingerprint density at radius 2 is 1.32 bits per heavy atom. The van der Waals surface area contributed by atoms with Gasteiger partial charge in [-0.1, -0.05) is 6.07 Å². The van der Waals surface area contributed by atoms with Crippen molar-refractivity contribution in [2.75, 3.05) is 97.5 Å². The molecule has 0 aromatic heterocycles. The number of hydrogen-bond donors (Lipinski definition) is 2. The van der Waals surface area contributed by atoms with Crippen LogP contribution in [0.15, 0.2) is 42.5 Å². The molecule has 2 aromatic rings. The van der Waals surface area contributed by atoms with E-state index < -0.39 is 0 Å². The third-order valence-electron chi connectivity index (χ3n) is 5.59. The van der Waals surface area contributed by atoms with Gasteiger partial charge < -0.3 is 35.2 Å². The van der Waals surface area contributed by atoms with Crippen LogP contribution < -0.4 is 25.7 Å². The van der Waals surface area contributed by atoms with E-state index in [0.29, 0.717) is 30.4 Å². The summed E-state index contributed by atoms with van der Waals surface area (Å²) >= 11 is 0. The number of nitrogens with two attached hydrogens (primary N) is 2. The minimum Gasteiger partial charge on any atom is -0.493 e. The van der Waals surface area contributed by atoms with Crippen molar-refractivity contribution < 1.29 is 23.7 Å². The average Bonchev–Trinajstić information content (AvgIpc) is 2.86. The number of nitrogens with zero attached hydrogens (tertiary/aromatic N) is 2. The molecule has 9 heteroatoms. The van der Waals surface area contributed by atoms with Gasteiger partial charge in [-0.15, -0.1) is 0 Å². The van der Waals surface area contributed by atoms with E-state index in [-0.39, 0.29) is 0 Å². The number of rotatable bonds is 9. The van der Waals surface area contributed by atoms with E-state index in [2.05, 4.69) is 9.80 Å². The molecule has 2 aromatic carbocycles. The van der Waals surface area contributed by atoms with E-state index >= 15 is 0 Å². The summed E-state index contributed by atoms with van der Waals surface area (Å²) < 4.78 is 27.2. The highest BCUT2D eigenvalue weighted by molar-refractivity contribution is 5.51. The minimum absolute atomic E-state index is 0.625. The Bertz CT molecular complexity index is 842. The van der Waals surface area contributed by atoms with Crippen LogP contribution >= 0.6 is 0 Å². The number of ether oxygens (including phenoxy) is 5. The largest absolute Gasteiger partial charge is 0.493 e. The van der Waals surface area contributed by atoms with Gasteiger partial charge in [0.15, 0.2) is 11.5 Å². The Balaban J connectivity index is 0.000000192. The smallest absolute Gasteiger partial charge is 0.163 e. The van der Waals surface area contributed by atoms with Crippen LogP contribution in [-0.4, -0.2) is 95.8 Å². The molecule has 2 heterocycles. The van der Waals surface area contributed by atoms with Crippen LogP contribution in [0.1, 0.15) is 0 Å². The first-order valence-corrected chi connectivity index (χ1v) is 11.8. The quantitative estimate of drug-likeness (QED) is 0.528. The standard InChI is InChI=1S/C13H20N2O3.C12H18N2O2/c1-16-12-3-2-11(14)10-13(12)18-9-6-15-4-7-17-8-5-15;13-11-2-1-3-12(10-11)16-9-6-14-4-7-15-8-5-14/h2-3,10H,4-9,14H2,1H3;1-3,10H,4-9,13H2. The molecule has 0 saturated carbocycles. The lowest BCUT2D eigenvalue weighted by Gasteiger charge is -2.26. The number of anilines is 2. The Morgan fingerprint density at radius 1 is 0.735 bits per heavy atom. The highest BCUT2D eigenvalue weighted by atomic mass is 16.5. The number of nitrogen functional groups attached to an aromatic ring is 2. The summed E-state index contributed by atoms with van der Waals surface area (Å²) in [5.41, 5.74) is 12.8. The van der Waals surface area contributed by atoms with E-state index in [4.69, 9.17) is 35.2 Å². The molecule has 9 nitrogen and oxygen atoms in total. The van der Waals surface area contributed by atoms with Gasteiger partial charge in [0.2, 0.25) is 0 Å². The van der Waals surface area contributed by atoms with Crippen molar-refractivity contribution in [1.82, 2.24) is 9.80 Å². The van der Waals surface area contributed by atoms with Gasteiger partial charge in [-0.3, -0.25) is 9.80 Å². The fourth-order valence-electron chi connectivity index (χ4n) is 3.64. The van der Waals surface area contributed by atoms with Crippen molar-refractivity contribution in [2.24, 2.45) is 0 Å². The molecule has 4 N–H and O–H groups in total. The number of hydrogen-bond acceptors (Lipinski definition) is 9. The third kappa shape index (κ3) is 9.26. The van der Waals surface area contributed by atoms with Gasteiger partial charge >= 0.3 is 0 Å². The van der Waals surface area contributed by atoms with Gasteiger partial charge in [0.25, 0.3) is 0 Å². The van der Waals surface area contributed by atoms with E-state index in [1.165, 1.54) is 0 Å². The molecule has 2 saturated heterocycles. The summed E-state index contributed by atoms with van der Waals surface area (Å²) in [7, 11) is 1.63. The molecular formula is C25H38N4O5. The molecule has 188 valence electrons. The van der Waals surface area contributed by atoms with Crippen LogP contribution in [0.2, 0.25) is 0 Å². The fourth-order valence-corrected chi connectivity index (χ4v) is 3.64. The molecule has 0 radical (unpaired) electrons. The first-order valence-electron chi connectivity index (χ1n) is 11.8. The Labute approximate surface area is 202 Å². The van der Waals surface area contributed by atoms with Crippen molar-refractivity contribution in [3.8, 4) is 17.2 Å². The predicted molar refractivity (Wildman–Crippen MR) is 134 cm³/mol. The molecule has 0 atom stereocenters. The Morgan fingerprint density at radius 3 is 1.91 bits per heavy atom. The van der Waals surface area contributed by atoms with Crippen LogP contribution in [0, 0.1) is 0 Å². The van der Waals surface area contributed by atoms with Crippen LogP contribution in [-0.2, 0) is 9.47 Å². The van der Waals surface area contributed by atoms with Crippen molar-refractivity contribution in [2.45, 2.75) is 0 Å². The molecule has 34 heavy (non-hydrogen) atoms. The maximum Gasteiger partial charge on any atom is 0.163 e. The summed E-state index contributed by atoms with van der Waals surface area (Å²) in [5, 5.41) is 0. The van der Waals surface area contributed by atoms with Crippen LogP contribution in [0.25, 0.3) is 0 Å². The SMILES string of the molecule is COc1ccc(N)cc1OCCN1CCOCC1.Nc1cccc(OCCN2CCOCC2)c1.